The van der Waals surface area contributed by atoms with Crippen LogP contribution in [0.4, 0.5) is 0 Å². The van der Waals surface area contributed by atoms with E-state index in [0.29, 0.717) is 11.1 Å². The number of benzene rings is 1. The molecule has 96 valence electrons. The summed E-state index contributed by atoms with van der Waals surface area (Å²) in [5.41, 5.74) is 2.48. The number of nitrogens with zero attached hydrogens (tertiary/aromatic N) is 1. The molecule has 3 nitrogen and oxygen atoms in total. The topological polar surface area (TPSA) is 26.2 Å². The second-order valence-electron chi connectivity index (χ2n) is 4.82. The van der Waals surface area contributed by atoms with Crippen molar-refractivity contribution in [3.63, 3.8) is 0 Å². The third-order valence-electron chi connectivity index (χ3n) is 3.77. The first kappa shape index (κ1) is 11.9. The van der Waals surface area contributed by atoms with Gasteiger partial charge in [-0.3, -0.25) is 0 Å². The van der Waals surface area contributed by atoms with E-state index in [2.05, 4.69) is 23.0 Å². The van der Waals surface area contributed by atoms with E-state index in [0.717, 1.165) is 17.8 Å². The molecule has 18 heavy (non-hydrogen) atoms. The second-order valence-corrected chi connectivity index (χ2v) is 5.23. The third kappa shape index (κ3) is 1.78. The largest absolute Gasteiger partial charge is 0.495 e. The Morgan fingerprint density at radius 1 is 1.39 bits per heavy atom. The summed E-state index contributed by atoms with van der Waals surface area (Å²) in [6.07, 6.45) is 2.45. The highest BCUT2D eigenvalue weighted by Crippen LogP contribution is 2.34. The van der Waals surface area contributed by atoms with Crippen molar-refractivity contribution in [1.29, 1.82) is 0 Å². The Morgan fingerprint density at radius 2 is 2.22 bits per heavy atom. The molecule has 2 heterocycles. The Morgan fingerprint density at radius 3 is 2.89 bits per heavy atom. The van der Waals surface area contributed by atoms with E-state index in [4.69, 9.17) is 16.3 Å². The number of nitrogens with one attached hydrogen (secondary N) is 1. The lowest BCUT2D eigenvalue weighted by atomic mass is 10.1. The molecule has 1 saturated heterocycles. The van der Waals surface area contributed by atoms with Crippen molar-refractivity contribution in [2.45, 2.75) is 18.9 Å². The van der Waals surface area contributed by atoms with E-state index >= 15 is 0 Å². The van der Waals surface area contributed by atoms with Gasteiger partial charge in [0.2, 0.25) is 0 Å². The van der Waals surface area contributed by atoms with E-state index in [1.807, 2.05) is 12.1 Å². The predicted octanol–water partition coefficient (Wildman–Crippen LogP) is 3.26. The first-order valence-corrected chi connectivity index (χ1v) is 6.64. The van der Waals surface area contributed by atoms with Crippen LogP contribution in [0.2, 0.25) is 5.02 Å². The standard InChI is InChI=1S/C14H17ClN2O/c1-17-12-8-10(15)14(18-2)7-9(12)6-13(17)11-4-3-5-16-11/h6-8,11,16H,3-5H2,1-2H3. The van der Waals surface area contributed by atoms with Crippen molar-refractivity contribution in [1.82, 2.24) is 9.88 Å². The summed E-state index contributed by atoms with van der Waals surface area (Å²) in [7, 11) is 3.75. The fraction of sp³-hybridized carbons (Fsp3) is 0.429. The van der Waals surface area contributed by atoms with Gasteiger partial charge in [-0.2, -0.15) is 0 Å². The minimum atomic E-state index is 0.465. The average Bonchev–Trinajstić information content (AvgIpc) is 2.98. The summed E-state index contributed by atoms with van der Waals surface area (Å²) in [6, 6.07) is 6.69. The van der Waals surface area contributed by atoms with E-state index in [1.54, 1.807) is 7.11 Å². The highest BCUT2D eigenvalue weighted by Gasteiger charge is 2.20. The monoisotopic (exact) mass is 264 g/mol. The van der Waals surface area contributed by atoms with Crippen LogP contribution in [-0.2, 0) is 7.05 Å². The smallest absolute Gasteiger partial charge is 0.138 e. The first-order chi connectivity index (χ1) is 8.70. The number of methoxy groups -OCH3 is 1. The molecule has 0 aliphatic carbocycles. The van der Waals surface area contributed by atoms with Gasteiger partial charge in [-0.1, -0.05) is 11.6 Å². The van der Waals surface area contributed by atoms with Crippen LogP contribution in [0.5, 0.6) is 5.75 Å². The maximum absolute atomic E-state index is 6.19. The van der Waals surface area contributed by atoms with Gasteiger partial charge in [0.25, 0.3) is 0 Å². The quantitative estimate of drug-likeness (QED) is 0.901. The van der Waals surface area contributed by atoms with Gasteiger partial charge < -0.3 is 14.6 Å². The molecule has 2 aromatic rings. The normalized spacial score (nSPS) is 19.6. The van der Waals surface area contributed by atoms with Crippen molar-refractivity contribution < 1.29 is 4.74 Å². The molecule has 1 aliphatic rings. The molecule has 1 aromatic carbocycles. The molecule has 0 bridgehead atoms. The molecule has 1 atom stereocenters. The summed E-state index contributed by atoms with van der Waals surface area (Å²) in [5, 5.41) is 5.38. The molecule has 0 radical (unpaired) electrons. The highest BCUT2D eigenvalue weighted by atomic mass is 35.5. The Labute approximate surface area is 112 Å². The minimum absolute atomic E-state index is 0.465. The van der Waals surface area contributed by atoms with Crippen LogP contribution in [0.25, 0.3) is 10.9 Å². The van der Waals surface area contributed by atoms with Gasteiger partial charge in [0, 0.05) is 29.7 Å². The second kappa shape index (κ2) is 4.48. The summed E-state index contributed by atoms with van der Waals surface area (Å²) < 4.78 is 7.50. The Bertz CT molecular complexity index is 585. The van der Waals surface area contributed by atoms with E-state index in [1.165, 1.54) is 23.9 Å². The molecule has 0 amide bonds. The van der Waals surface area contributed by atoms with Gasteiger partial charge in [-0.25, -0.2) is 0 Å². The number of aromatic nitrogens is 1. The first-order valence-electron chi connectivity index (χ1n) is 6.27. The number of hydrogen-bond acceptors (Lipinski definition) is 2. The lowest BCUT2D eigenvalue weighted by molar-refractivity contribution is 0.415. The Balaban J connectivity index is 2.14. The van der Waals surface area contributed by atoms with E-state index in [9.17, 15) is 0 Å². The number of halogens is 1. The lowest BCUT2D eigenvalue weighted by Crippen LogP contribution is -2.15. The van der Waals surface area contributed by atoms with Crippen LogP contribution in [0.1, 0.15) is 24.6 Å². The highest BCUT2D eigenvalue weighted by molar-refractivity contribution is 6.32. The molecule has 1 unspecified atom stereocenters. The van der Waals surface area contributed by atoms with Crippen LogP contribution in [-0.4, -0.2) is 18.2 Å². The SMILES string of the molecule is COc1cc2cc(C3CCCN3)n(C)c2cc1Cl. The van der Waals surface area contributed by atoms with Crippen molar-refractivity contribution >= 4 is 22.5 Å². The maximum atomic E-state index is 6.19. The summed E-state index contributed by atoms with van der Waals surface area (Å²) in [6.45, 7) is 1.11. The lowest BCUT2D eigenvalue weighted by Gasteiger charge is -2.11. The Hall–Kier alpha value is -1.19. The van der Waals surface area contributed by atoms with Gasteiger partial charge in [0.15, 0.2) is 0 Å². The van der Waals surface area contributed by atoms with Crippen LogP contribution < -0.4 is 10.1 Å². The van der Waals surface area contributed by atoms with Crippen molar-refractivity contribution in [3.8, 4) is 5.75 Å². The molecule has 0 saturated carbocycles. The minimum Gasteiger partial charge on any atom is -0.495 e. The number of fused-ring (bicyclic) bond motifs is 1. The summed E-state index contributed by atoms with van der Waals surface area (Å²) in [5.74, 6) is 0.737. The van der Waals surface area contributed by atoms with E-state index in [-0.39, 0.29) is 0 Å². The average molecular weight is 265 g/mol. The maximum Gasteiger partial charge on any atom is 0.138 e. The van der Waals surface area contributed by atoms with Gasteiger partial charge >= 0.3 is 0 Å². The number of rotatable bonds is 2. The summed E-state index contributed by atoms with van der Waals surface area (Å²) in [4.78, 5) is 0. The molecular formula is C14H17ClN2O. The van der Waals surface area contributed by atoms with Crippen molar-refractivity contribution in [3.05, 3.63) is 28.9 Å². The zero-order chi connectivity index (χ0) is 12.7. The fourth-order valence-electron chi connectivity index (χ4n) is 2.79. The third-order valence-corrected chi connectivity index (χ3v) is 4.07. The van der Waals surface area contributed by atoms with Crippen molar-refractivity contribution in [2.75, 3.05) is 13.7 Å². The van der Waals surface area contributed by atoms with Crippen LogP contribution in [0.3, 0.4) is 0 Å². The van der Waals surface area contributed by atoms with Crippen molar-refractivity contribution in [2.24, 2.45) is 7.05 Å². The van der Waals surface area contributed by atoms with E-state index < -0.39 is 0 Å². The zero-order valence-corrected chi connectivity index (χ0v) is 11.4. The molecule has 1 aliphatic heterocycles. The molecule has 1 fully saturated rings. The molecule has 4 heteroatoms. The van der Waals surface area contributed by atoms with Gasteiger partial charge in [-0.15, -0.1) is 0 Å². The Kier molecular flexibility index (Phi) is 2.96. The fourth-order valence-corrected chi connectivity index (χ4v) is 3.02. The molecular weight excluding hydrogens is 248 g/mol. The molecule has 1 aromatic heterocycles. The summed E-state index contributed by atoms with van der Waals surface area (Å²) >= 11 is 6.19. The van der Waals surface area contributed by atoms with Gasteiger partial charge in [-0.05, 0) is 37.6 Å². The number of aryl methyl sites for hydroxylation is 1. The molecule has 3 rings (SSSR count). The van der Waals surface area contributed by atoms with Gasteiger partial charge in [0.05, 0.1) is 12.1 Å². The van der Waals surface area contributed by atoms with Crippen LogP contribution >= 0.6 is 11.6 Å². The van der Waals surface area contributed by atoms with Crippen LogP contribution in [0, 0.1) is 0 Å². The number of ether oxygens (including phenoxy) is 1. The number of hydrogen-bond donors (Lipinski definition) is 1. The molecule has 1 N–H and O–H groups in total. The van der Waals surface area contributed by atoms with Gasteiger partial charge in [0.1, 0.15) is 5.75 Å². The molecule has 0 spiro atoms. The zero-order valence-electron chi connectivity index (χ0n) is 10.7. The van der Waals surface area contributed by atoms with Crippen LogP contribution in [0.15, 0.2) is 18.2 Å². The predicted molar refractivity (Wildman–Crippen MR) is 74.5 cm³/mol.